The van der Waals surface area contributed by atoms with Crippen LogP contribution in [0.2, 0.25) is 0 Å². The fourth-order valence-corrected chi connectivity index (χ4v) is 2.07. The van der Waals surface area contributed by atoms with Gasteiger partial charge in [0.15, 0.2) is 0 Å². The molecule has 2 unspecified atom stereocenters. The molecule has 0 aliphatic heterocycles. The number of carboxylic acids is 1. The van der Waals surface area contributed by atoms with Gasteiger partial charge in [0.1, 0.15) is 17.5 Å². The lowest BCUT2D eigenvalue weighted by Crippen LogP contribution is -2.20. The second kappa shape index (κ2) is 6.73. The van der Waals surface area contributed by atoms with Crippen LogP contribution in [0, 0.1) is 15.9 Å². The van der Waals surface area contributed by atoms with Crippen molar-refractivity contribution in [3.05, 3.63) is 39.2 Å². The SMILES string of the molecule is O=C(O)c1cc(F)c(C(O)C(O)CCBr)cc1[N+](=O)[O-]. The number of hydrogen-bond donors (Lipinski definition) is 3. The first kappa shape index (κ1) is 16.5. The van der Waals surface area contributed by atoms with Crippen molar-refractivity contribution in [1.29, 1.82) is 0 Å². The molecule has 110 valence electrons. The van der Waals surface area contributed by atoms with Crippen LogP contribution in [0.1, 0.15) is 28.4 Å². The van der Waals surface area contributed by atoms with Gasteiger partial charge in [-0.1, -0.05) is 15.9 Å². The number of hydrogen-bond acceptors (Lipinski definition) is 5. The lowest BCUT2D eigenvalue weighted by Gasteiger charge is -2.18. The summed E-state index contributed by atoms with van der Waals surface area (Å²) >= 11 is 3.03. The Labute approximate surface area is 120 Å². The summed E-state index contributed by atoms with van der Waals surface area (Å²) in [4.78, 5) is 20.6. The van der Waals surface area contributed by atoms with E-state index in [-0.39, 0.29) is 6.42 Å². The summed E-state index contributed by atoms with van der Waals surface area (Å²) in [6.07, 6.45) is -2.93. The van der Waals surface area contributed by atoms with Gasteiger partial charge in [-0.25, -0.2) is 9.18 Å². The first-order valence-electron chi connectivity index (χ1n) is 5.42. The van der Waals surface area contributed by atoms with E-state index in [9.17, 15) is 29.5 Å². The number of halogens is 2. The molecular formula is C11H11BrFNO6. The third kappa shape index (κ3) is 3.50. The molecule has 0 bridgehead atoms. The molecule has 3 N–H and O–H groups in total. The van der Waals surface area contributed by atoms with E-state index < -0.39 is 45.7 Å². The monoisotopic (exact) mass is 351 g/mol. The topological polar surface area (TPSA) is 121 Å². The molecule has 1 rings (SSSR count). The van der Waals surface area contributed by atoms with Crippen LogP contribution in [0.15, 0.2) is 12.1 Å². The van der Waals surface area contributed by atoms with E-state index in [4.69, 9.17) is 5.11 Å². The normalized spacial score (nSPS) is 13.8. The summed E-state index contributed by atoms with van der Waals surface area (Å²) in [6.45, 7) is 0. The molecule has 0 saturated heterocycles. The quantitative estimate of drug-likeness (QED) is 0.406. The maximum atomic E-state index is 13.7. The van der Waals surface area contributed by atoms with Gasteiger partial charge >= 0.3 is 5.97 Å². The Balaban J connectivity index is 3.32. The average molecular weight is 352 g/mol. The van der Waals surface area contributed by atoms with Crippen LogP contribution in [-0.2, 0) is 0 Å². The van der Waals surface area contributed by atoms with Crippen LogP contribution in [0.25, 0.3) is 0 Å². The zero-order valence-corrected chi connectivity index (χ0v) is 11.6. The molecule has 0 amide bonds. The Morgan fingerprint density at radius 3 is 2.50 bits per heavy atom. The highest BCUT2D eigenvalue weighted by atomic mass is 79.9. The number of benzene rings is 1. The van der Waals surface area contributed by atoms with Crippen molar-refractivity contribution in [1.82, 2.24) is 0 Å². The number of aliphatic hydroxyl groups excluding tert-OH is 2. The largest absolute Gasteiger partial charge is 0.477 e. The lowest BCUT2D eigenvalue weighted by molar-refractivity contribution is -0.385. The molecule has 0 saturated carbocycles. The van der Waals surface area contributed by atoms with Gasteiger partial charge in [0.2, 0.25) is 0 Å². The second-order valence-corrected chi connectivity index (χ2v) is 4.74. The van der Waals surface area contributed by atoms with Gasteiger partial charge in [-0.3, -0.25) is 10.1 Å². The zero-order valence-electron chi connectivity index (χ0n) is 9.99. The Morgan fingerprint density at radius 2 is 2.05 bits per heavy atom. The molecule has 0 aromatic heterocycles. The van der Waals surface area contributed by atoms with Gasteiger partial charge in [-0.2, -0.15) is 0 Å². The van der Waals surface area contributed by atoms with Crippen molar-refractivity contribution in [2.45, 2.75) is 18.6 Å². The number of carboxylic acid groups (broad SMARTS) is 1. The summed E-state index contributed by atoms with van der Waals surface area (Å²) in [5.41, 5.74) is -2.19. The van der Waals surface area contributed by atoms with E-state index in [2.05, 4.69) is 15.9 Å². The molecule has 9 heteroatoms. The summed E-state index contributed by atoms with van der Waals surface area (Å²) in [6, 6.07) is 1.08. The second-order valence-electron chi connectivity index (χ2n) is 3.94. The number of rotatable bonds is 6. The van der Waals surface area contributed by atoms with Gasteiger partial charge in [0.05, 0.1) is 11.0 Å². The highest BCUT2D eigenvalue weighted by Gasteiger charge is 2.28. The maximum absolute atomic E-state index is 13.7. The van der Waals surface area contributed by atoms with E-state index in [0.717, 1.165) is 0 Å². The van der Waals surface area contributed by atoms with Crippen molar-refractivity contribution in [3.63, 3.8) is 0 Å². The molecule has 0 aliphatic carbocycles. The van der Waals surface area contributed by atoms with Crippen LogP contribution >= 0.6 is 15.9 Å². The van der Waals surface area contributed by atoms with Crippen molar-refractivity contribution in [2.75, 3.05) is 5.33 Å². The minimum atomic E-state index is -1.69. The third-order valence-corrected chi connectivity index (χ3v) is 3.09. The molecule has 0 aliphatic rings. The minimum absolute atomic E-state index is 0.0923. The Bertz CT molecular complexity index is 538. The Kier molecular flexibility index (Phi) is 5.54. The number of aromatic carboxylic acids is 1. The van der Waals surface area contributed by atoms with Crippen LogP contribution in [0.4, 0.5) is 10.1 Å². The number of carbonyl (C=O) groups is 1. The first-order chi connectivity index (χ1) is 9.29. The molecule has 0 radical (unpaired) electrons. The Hall–Kier alpha value is -1.58. The van der Waals surface area contributed by atoms with Gasteiger partial charge in [-0.05, 0) is 12.5 Å². The maximum Gasteiger partial charge on any atom is 0.342 e. The molecule has 0 spiro atoms. The smallest absolute Gasteiger partial charge is 0.342 e. The van der Waals surface area contributed by atoms with Gasteiger partial charge < -0.3 is 15.3 Å². The number of aliphatic hydroxyl groups is 2. The van der Waals surface area contributed by atoms with Gasteiger partial charge in [0, 0.05) is 17.0 Å². The minimum Gasteiger partial charge on any atom is -0.477 e. The predicted octanol–water partition coefficient (Wildman–Crippen LogP) is 1.61. The predicted molar refractivity (Wildman–Crippen MR) is 69.4 cm³/mol. The van der Waals surface area contributed by atoms with Crippen LogP contribution in [-0.4, -0.2) is 37.6 Å². The average Bonchev–Trinajstić information content (AvgIpc) is 2.37. The fourth-order valence-electron chi connectivity index (χ4n) is 1.60. The molecule has 20 heavy (non-hydrogen) atoms. The number of nitrogens with zero attached hydrogens (tertiary/aromatic N) is 1. The highest BCUT2D eigenvalue weighted by Crippen LogP contribution is 2.29. The number of nitro groups is 1. The van der Waals surface area contributed by atoms with Gasteiger partial charge in [-0.15, -0.1) is 0 Å². The van der Waals surface area contributed by atoms with E-state index in [1.165, 1.54) is 0 Å². The Morgan fingerprint density at radius 1 is 1.45 bits per heavy atom. The third-order valence-electron chi connectivity index (χ3n) is 2.63. The first-order valence-corrected chi connectivity index (χ1v) is 6.55. The van der Waals surface area contributed by atoms with Crippen molar-refractivity contribution in [2.24, 2.45) is 0 Å². The van der Waals surface area contributed by atoms with Crippen LogP contribution < -0.4 is 0 Å². The van der Waals surface area contributed by atoms with Gasteiger partial charge in [0.25, 0.3) is 5.69 Å². The number of nitro benzene ring substituents is 1. The van der Waals surface area contributed by atoms with Crippen LogP contribution in [0.3, 0.4) is 0 Å². The molecule has 0 heterocycles. The molecule has 2 atom stereocenters. The summed E-state index contributed by atoms with van der Waals surface area (Å²) in [5.74, 6) is -2.79. The van der Waals surface area contributed by atoms with E-state index in [1.54, 1.807) is 0 Å². The molecule has 7 nitrogen and oxygen atoms in total. The lowest BCUT2D eigenvalue weighted by atomic mass is 9.99. The number of alkyl halides is 1. The molecule has 1 aromatic rings. The van der Waals surface area contributed by atoms with Crippen molar-refractivity contribution in [3.8, 4) is 0 Å². The van der Waals surface area contributed by atoms with E-state index >= 15 is 0 Å². The van der Waals surface area contributed by atoms with Crippen LogP contribution in [0.5, 0.6) is 0 Å². The van der Waals surface area contributed by atoms with E-state index in [0.29, 0.717) is 17.5 Å². The zero-order chi connectivity index (χ0) is 15.4. The summed E-state index contributed by atoms with van der Waals surface area (Å²) in [7, 11) is 0. The van der Waals surface area contributed by atoms with Crippen molar-refractivity contribution < 1.29 is 29.4 Å². The summed E-state index contributed by atoms with van der Waals surface area (Å²) in [5, 5.41) is 39.2. The molecule has 0 fully saturated rings. The van der Waals surface area contributed by atoms with Crippen molar-refractivity contribution >= 4 is 27.6 Å². The highest BCUT2D eigenvalue weighted by molar-refractivity contribution is 9.09. The fraction of sp³-hybridized carbons (Fsp3) is 0.364. The molecule has 1 aromatic carbocycles. The summed E-state index contributed by atoms with van der Waals surface area (Å²) < 4.78 is 13.7. The van der Waals surface area contributed by atoms with E-state index in [1.807, 2.05) is 0 Å². The standard InChI is InChI=1S/C11H11BrFNO6/c12-2-1-9(15)10(16)5-4-8(14(19)20)6(11(17)18)3-7(5)13/h3-4,9-10,15-16H,1-2H2,(H,17,18). The molecular weight excluding hydrogens is 341 g/mol.